The second-order valence-corrected chi connectivity index (χ2v) is 10.7. The first-order chi connectivity index (χ1) is 13.2. The largest absolute Gasteiger partial charge is 0.357 e. The number of fused-ring (bicyclic) bond motifs is 1. The van der Waals surface area contributed by atoms with Crippen molar-refractivity contribution in [3.63, 3.8) is 0 Å². The molecule has 2 aliphatic heterocycles. The van der Waals surface area contributed by atoms with Crippen molar-refractivity contribution in [1.29, 1.82) is 0 Å². The summed E-state index contributed by atoms with van der Waals surface area (Å²) >= 11 is 0. The van der Waals surface area contributed by atoms with Gasteiger partial charge in [0.1, 0.15) is 6.54 Å². The maximum atomic E-state index is 12.7. The smallest absolute Gasteiger partial charge is 0.244 e. The van der Waals surface area contributed by atoms with Crippen LogP contribution in [-0.4, -0.2) is 73.3 Å². The molecule has 1 fully saturated rings. The Kier molecular flexibility index (Phi) is 7.94. The number of aliphatic imine (C=N–C) groups is 1. The minimum atomic E-state index is -3.12. The highest BCUT2D eigenvalue weighted by Gasteiger charge is 2.41. The lowest BCUT2D eigenvalue weighted by molar-refractivity contribution is -0.130. The number of sulfone groups is 1. The second kappa shape index (κ2) is 9.63. The zero-order chi connectivity index (χ0) is 20.4. The molecular formula is C20H31IN4O3S. The second-order valence-electron chi connectivity index (χ2n) is 8.00. The Morgan fingerprint density at radius 3 is 2.52 bits per heavy atom. The van der Waals surface area contributed by atoms with Gasteiger partial charge < -0.3 is 15.1 Å². The van der Waals surface area contributed by atoms with Gasteiger partial charge in [-0.05, 0) is 38.3 Å². The van der Waals surface area contributed by atoms with E-state index < -0.39 is 14.6 Å². The first kappa shape index (κ1) is 23.9. The van der Waals surface area contributed by atoms with Gasteiger partial charge in [0.15, 0.2) is 15.8 Å². The van der Waals surface area contributed by atoms with Gasteiger partial charge in [0, 0.05) is 32.7 Å². The summed E-state index contributed by atoms with van der Waals surface area (Å²) in [5, 5.41) is 3.20. The van der Waals surface area contributed by atoms with Crippen LogP contribution in [0, 0.1) is 0 Å². The zero-order valence-corrected chi connectivity index (χ0v) is 20.5. The molecule has 1 aromatic rings. The fourth-order valence-electron chi connectivity index (χ4n) is 3.70. The van der Waals surface area contributed by atoms with Crippen molar-refractivity contribution in [2.45, 2.75) is 38.5 Å². The lowest BCUT2D eigenvalue weighted by Crippen LogP contribution is -2.57. The van der Waals surface area contributed by atoms with E-state index >= 15 is 0 Å². The molecule has 162 valence electrons. The van der Waals surface area contributed by atoms with Gasteiger partial charge in [0.25, 0.3) is 0 Å². The first-order valence-electron chi connectivity index (χ1n) is 9.83. The maximum Gasteiger partial charge on any atom is 0.244 e. The third-order valence-corrected chi connectivity index (χ3v) is 8.06. The van der Waals surface area contributed by atoms with Crippen LogP contribution in [0.2, 0.25) is 0 Å². The number of guanidine groups is 1. The molecule has 1 aromatic carbocycles. The summed E-state index contributed by atoms with van der Waals surface area (Å²) in [7, 11) is -3.12. The lowest BCUT2D eigenvalue weighted by atomic mass is 10.00. The molecule has 9 heteroatoms. The number of rotatable bonds is 3. The molecule has 2 aliphatic rings. The van der Waals surface area contributed by atoms with Gasteiger partial charge in [0.2, 0.25) is 5.91 Å². The monoisotopic (exact) mass is 534 g/mol. The van der Waals surface area contributed by atoms with Crippen LogP contribution in [0.1, 0.15) is 31.9 Å². The molecule has 0 saturated carbocycles. The van der Waals surface area contributed by atoms with Crippen LogP contribution < -0.4 is 5.32 Å². The van der Waals surface area contributed by atoms with Gasteiger partial charge in [-0.15, -0.1) is 24.0 Å². The molecule has 1 saturated heterocycles. The van der Waals surface area contributed by atoms with E-state index in [1.807, 2.05) is 28.9 Å². The van der Waals surface area contributed by atoms with Crippen molar-refractivity contribution in [3.8, 4) is 0 Å². The lowest BCUT2D eigenvalue weighted by Gasteiger charge is -2.39. The number of halogens is 1. The van der Waals surface area contributed by atoms with Crippen molar-refractivity contribution in [2.24, 2.45) is 4.99 Å². The molecule has 2 heterocycles. The average Bonchev–Trinajstić information content (AvgIpc) is 2.66. The van der Waals surface area contributed by atoms with Gasteiger partial charge in [-0.2, -0.15) is 0 Å². The molecule has 0 aromatic heterocycles. The number of amides is 1. The Morgan fingerprint density at radius 2 is 1.86 bits per heavy atom. The molecule has 1 N–H and O–H groups in total. The number of benzene rings is 1. The average molecular weight is 534 g/mol. The van der Waals surface area contributed by atoms with Crippen molar-refractivity contribution in [3.05, 3.63) is 35.4 Å². The number of carbonyl (C=O) groups is 1. The van der Waals surface area contributed by atoms with Crippen LogP contribution in [-0.2, 0) is 27.6 Å². The number of hydrogen-bond acceptors (Lipinski definition) is 4. The van der Waals surface area contributed by atoms with Crippen molar-refractivity contribution < 1.29 is 13.2 Å². The highest BCUT2D eigenvalue weighted by molar-refractivity contribution is 14.0. The Labute approximate surface area is 190 Å². The van der Waals surface area contributed by atoms with E-state index in [0.717, 1.165) is 6.42 Å². The van der Waals surface area contributed by atoms with Crippen LogP contribution in [0.15, 0.2) is 29.3 Å². The summed E-state index contributed by atoms with van der Waals surface area (Å²) in [6.45, 7) is 8.26. The third-order valence-electron chi connectivity index (χ3n) is 5.53. The summed E-state index contributed by atoms with van der Waals surface area (Å²) in [5.74, 6) is 0.700. The van der Waals surface area contributed by atoms with E-state index in [1.165, 1.54) is 11.1 Å². The summed E-state index contributed by atoms with van der Waals surface area (Å²) in [6, 6.07) is 8.22. The molecule has 0 unspecified atom stereocenters. The molecule has 0 radical (unpaired) electrons. The number of nitrogens with one attached hydrogen (secondary N) is 1. The van der Waals surface area contributed by atoms with Gasteiger partial charge in [-0.3, -0.25) is 4.79 Å². The zero-order valence-electron chi connectivity index (χ0n) is 17.3. The van der Waals surface area contributed by atoms with Crippen LogP contribution in [0.3, 0.4) is 0 Å². The van der Waals surface area contributed by atoms with Crippen LogP contribution >= 0.6 is 24.0 Å². The van der Waals surface area contributed by atoms with Crippen LogP contribution in [0.25, 0.3) is 0 Å². The fourth-order valence-corrected chi connectivity index (χ4v) is 5.07. The Balaban J connectivity index is 0.00000300. The normalized spacial score (nSPS) is 20.4. The van der Waals surface area contributed by atoms with Gasteiger partial charge >= 0.3 is 0 Å². The summed E-state index contributed by atoms with van der Waals surface area (Å²) in [6.07, 6.45) is 0.865. The van der Waals surface area contributed by atoms with Crippen LogP contribution in [0.4, 0.5) is 0 Å². The summed E-state index contributed by atoms with van der Waals surface area (Å²) in [4.78, 5) is 21.0. The highest BCUT2D eigenvalue weighted by atomic mass is 127. The van der Waals surface area contributed by atoms with E-state index in [2.05, 4.69) is 22.4 Å². The minimum absolute atomic E-state index is 0. The van der Waals surface area contributed by atoms with E-state index in [-0.39, 0.29) is 42.2 Å². The predicted molar refractivity (Wildman–Crippen MR) is 126 cm³/mol. The van der Waals surface area contributed by atoms with E-state index in [9.17, 15) is 13.2 Å². The molecular weight excluding hydrogens is 503 g/mol. The first-order valence-corrected chi connectivity index (χ1v) is 11.5. The molecule has 0 atom stereocenters. The van der Waals surface area contributed by atoms with Crippen molar-refractivity contribution >= 4 is 45.7 Å². The van der Waals surface area contributed by atoms with Crippen molar-refractivity contribution in [1.82, 2.24) is 15.1 Å². The highest BCUT2D eigenvalue weighted by Crippen LogP contribution is 2.24. The number of nitrogens with zero attached hydrogens (tertiary/aromatic N) is 3. The maximum absolute atomic E-state index is 12.7. The number of hydrogen-bond donors (Lipinski definition) is 1. The minimum Gasteiger partial charge on any atom is -0.357 e. The topological polar surface area (TPSA) is 82.1 Å². The fraction of sp³-hybridized carbons (Fsp3) is 0.600. The molecule has 1 amide bonds. The van der Waals surface area contributed by atoms with Gasteiger partial charge in [0.05, 0.1) is 10.5 Å². The summed E-state index contributed by atoms with van der Waals surface area (Å²) in [5.41, 5.74) is 2.50. The Morgan fingerprint density at radius 1 is 1.17 bits per heavy atom. The molecule has 3 rings (SSSR count). The Bertz CT molecular complexity index is 870. The third kappa shape index (κ3) is 5.42. The van der Waals surface area contributed by atoms with E-state index in [4.69, 9.17) is 0 Å². The van der Waals surface area contributed by atoms with Gasteiger partial charge in [-0.25, -0.2) is 13.4 Å². The molecule has 0 bridgehead atoms. The van der Waals surface area contributed by atoms with Crippen LogP contribution in [0.5, 0.6) is 0 Å². The standard InChI is InChI=1S/C20H30N4O3S.HI/c1-4-21-19(24-11-12-28(26,27)20(2,3)15-24)22-13-18(25)23-10-9-16-7-5-6-8-17(16)14-23;/h5-8H,4,9-15H2,1-3H3,(H,21,22);1H. The molecule has 0 aliphatic carbocycles. The predicted octanol–water partition coefficient (Wildman–Crippen LogP) is 1.66. The molecule has 7 nitrogen and oxygen atoms in total. The Hall–Kier alpha value is -1.36. The molecule has 0 spiro atoms. The van der Waals surface area contributed by atoms with E-state index in [0.29, 0.717) is 38.7 Å². The molecule has 29 heavy (non-hydrogen) atoms. The van der Waals surface area contributed by atoms with Gasteiger partial charge in [-0.1, -0.05) is 24.3 Å². The number of carbonyl (C=O) groups excluding carboxylic acids is 1. The van der Waals surface area contributed by atoms with E-state index in [1.54, 1.807) is 13.8 Å². The summed E-state index contributed by atoms with van der Waals surface area (Å²) < 4.78 is 23.7. The van der Waals surface area contributed by atoms with Crippen molar-refractivity contribution in [2.75, 3.05) is 38.5 Å². The quantitative estimate of drug-likeness (QED) is 0.363. The SMILES string of the molecule is CCNC(=NCC(=O)N1CCc2ccccc2C1)N1CCS(=O)(=O)C(C)(C)C1.I.